The lowest BCUT2D eigenvalue weighted by molar-refractivity contribution is 0.579. The predicted octanol–water partition coefficient (Wildman–Crippen LogP) is 0.915. The Morgan fingerprint density at radius 2 is 2.14 bits per heavy atom. The zero-order valence-corrected chi connectivity index (χ0v) is 5.74. The summed E-state index contributed by atoms with van der Waals surface area (Å²) in [6, 6.07) is 0. The first-order valence-corrected chi connectivity index (χ1v) is 4.90. The van der Waals surface area contributed by atoms with Crippen LogP contribution in [0.2, 0.25) is 0 Å². The van der Waals surface area contributed by atoms with Crippen LogP contribution in [-0.4, -0.2) is 19.1 Å². The average molecular weight is 121 g/mol. The number of rotatable bonds is 2. The summed E-state index contributed by atoms with van der Waals surface area (Å²) in [7, 11) is -1.88. The molecule has 3 heteroatoms. The second kappa shape index (κ2) is 2.49. The molecule has 0 amide bonds. The Morgan fingerprint density at radius 1 is 1.71 bits per heavy atom. The molecule has 0 aromatic carbocycles. The van der Waals surface area contributed by atoms with Gasteiger partial charge in [0.1, 0.15) is 0 Å². The normalized spacial score (nSPS) is 18.7. The van der Waals surface area contributed by atoms with Crippen LogP contribution in [-0.2, 0) is 4.57 Å². The Morgan fingerprint density at radius 3 is 2.14 bits per heavy atom. The van der Waals surface area contributed by atoms with Crippen molar-refractivity contribution < 1.29 is 4.57 Å². The summed E-state index contributed by atoms with van der Waals surface area (Å²) >= 11 is 0. The van der Waals surface area contributed by atoms with E-state index in [2.05, 4.69) is 0 Å². The van der Waals surface area contributed by atoms with Gasteiger partial charge in [-0.15, -0.1) is 0 Å². The Bertz CT molecular complexity index is 83.7. The molecule has 0 aliphatic carbocycles. The smallest absolute Gasteiger partial charge is 0.0973 e. The molecule has 0 aliphatic rings. The fourth-order valence-electron chi connectivity index (χ4n) is 0.129. The summed E-state index contributed by atoms with van der Waals surface area (Å²) in [5.74, 6) is 0. The standard InChI is InChI=1S/C4H12NOP/c1-3-7(2,6)4-5/h3-5H2,1-2H3. The molecule has 0 spiro atoms. The molecule has 0 saturated heterocycles. The van der Waals surface area contributed by atoms with Crippen LogP contribution in [0.25, 0.3) is 0 Å². The van der Waals surface area contributed by atoms with Gasteiger partial charge < -0.3 is 10.3 Å². The van der Waals surface area contributed by atoms with Gasteiger partial charge in [-0.05, 0) is 12.8 Å². The largest absolute Gasteiger partial charge is 0.324 e. The summed E-state index contributed by atoms with van der Waals surface area (Å²) < 4.78 is 10.8. The van der Waals surface area contributed by atoms with Crippen LogP contribution in [0.4, 0.5) is 0 Å². The van der Waals surface area contributed by atoms with Crippen molar-refractivity contribution in [3.8, 4) is 0 Å². The van der Waals surface area contributed by atoms with E-state index in [1.54, 1.807) is 6.66 Å². The van der Waals surface area contributed by atoms with Gasteiger partial charge in [0.2, 0.25) is 0 Å². The average Bonchev–Trinajstić information content (AvgIpc) is 1.68. The van der Waals surface area contributed by atoms with Gasteiger partial charge in [0.15, 0.2) is 0 Å². The lowest BCUT2D eigenvalue weighted by atomic mass is 11.0. The van der Waals surface area contributed by atoms with Gasteiger partial charge >= 0.3 is 0 Å². The Kier molecular flexibility index (Phi) is 2.55. The molecule has 44 valence electrons. The molecule has 0 aromatic rings. The van der Waals surface area contributed by atoms with Gasteiger partial charge in [-0.2, -0.15) is 0 Å². The van der Waals surface area contributed by atoms with Gasteiger partial charge in [-0.1, -0.05) is 6.92 Å². The summed E-state index contributed by atoms with van der Waals surface area (Å²) in [4.78, 5) is 0. The van der Waals surface area contributed by atoms with E-state index in [0.29, 0.717) is 6.29 Å². The van der Waals surface area contributed by atoms with Crippen LogP contribution in [0.1, 0.15) is 6.92 Å². The van der Waals surface area contributed by atoms with E-state index in [-0.39, 0.29) is 0 Å². The van der Waals surface area contributed by atoms with Crippen LogP contribution >= 0.6 is 7.14 Å². The molecule has 0 aromatic heterocycles. The molecular weight excluding hydrogens is 109 g/mol. The highest BCUT2D eigenvalue weighted by atomic mass is 31.2. The highest BCUT2D eigenvalue weighted by molar-refractivity contribution is 7.63. The van der Waals surface area contributed by atoms with E-state index < -0.39 is 7.14 Å². The maximum absolute atomic E-state index is 10.8. The molecule has 0 heterocycles. The van der Waals surface area contributed by atoms with Gasteiger partial charge in [0, 0.05) is 6.29 Å². The fraction of sp³-hybridized carbons (Fsp3) is 1.00. The predicted molar refractivity (Wildman–Crippen MR) is 33.1 cm³/mol. The minimum Gasteiger partial charge on any atom is -0.324 e. The van der Waals surface area contributed by atoms with Crippen LogP contribution in [0.15, 0.2) is 0 Å². The molecule has 7 heavy (non-hydrogen) atoms. The summed E-state index contributed by atoms with van der Waals surface area (Å²) in [5.41, 5.74) is 5.15. The third-order valence-corrected chi connectivity index (χ3v) is 3.17. The molecule has 2 nitrogen and oxygen atoms in total. The summed E-state index contributed by atoms with van der Waals surface area (Å²) in [6.07, 6.45) is 1.08. The minimum absolute atomic E-state index is 0.351. The number of hydrogen-bond acceptors (Lipinski definition) is 2. The lowest BCUT2D eigenvalue weighted by Gasteiger charge is -2.02. The number of nitrogens with two attached hydrogens (primary N) is 1. The molecule has 0 aliphatic heterocycles. The Balaban J connectivity index is 3.61. The van der Waals surface area contributed by atoms with Crippen LogP contribution in [0.3, 0.4) is 0 Å². The Hall–Kier alpha value is 0.190. The van der Waals surface area contributed by atoms with Crippen LogP contribution in [0, 0.1) is 0 Å². The van der Waals surface area contributed by atoms with Gasteiger partial charge in [-0.25, -0.2) is 0 Å². The van der Waals surface area contributed by atoms with E-state index in [4.69, 9.17) is 5.73 Å². The highest BCUT2D eigenvalue weighted by Crippen LogP contribution is 2.37. The molecule has 0 bridgehead atoms. The van der Waals surface area contributed by atoms with E-state index in [1.807, 2.05) is 6.92 Å². The van der Waals surface area contributed by atoms with E-state index in [9.17, 15) is 4.57 Å². The first-order valence-electron chi connectivity index (χ1n) is 2.38. The monoisotopic (exact) mass is 121 g/mol. The number of hydrogen-bond donors (Lipinski definition) is 1. The van der Waals surface area contributed by atoms with Crippen molar-refractivity contribution >= 4 is 7.14 Å². The van der Waals surface area contributed by atoms with Crippen molar-refractivity contribution in [1.29, 1.82) is 0 Å². The fourth-order valence-corrected chi connectivity index (χ4v) is 0.387. The molecule has 0 rings (SSSR count). The first kappa shape index (κ1) is 7.19. The zero-order chi connectivity index (χ0) is 5.91. The molecule has 1 unspecified atom stereocenters. The summed E-state index contributed by atoms with van der Waals surface area (Å²) in [6.45, 7) is 3.63. The molecule has 2 N–H and O–H groups in total. The van der Waals surface area contributed by atoms with Gasteiger partial charge in [-0.3, -0.25) is 0 Å². The zero-order valence-electron chi connectivity index (χ0n) is 4.85. The summed E-state index contributed by atoms with van der Waals surface area (Å²) in [5, 5.41) is 0. The quantitative estimate of drug-likeness (QED) is 0.552. The van der Waals surface area contributed by atoms with Crippen molar-refractivity contribution in [1.82, 2.24) is 0 Å². The van der Waals surface area contributed by atoms with Crippen molar-refractivity contribution in [2.45, 2.75) is 6.92 Å². The third kappa shape index (κ3) is 2.84. The molecule has 1 atom stereocenters. The van der Waals surface area contributed by atoms with Crippen molar-refractivity contribution in [2.75, 3.05) is 19.1 Å². The van der Waals surface area contributed by atoms with Crippen molar-refractivity contribution in [3.05, 3.63) is 0 Å². The highest BCUT2D eigenvalue weighted by Gasteiger charge is 2.06. The van der Waals surface area contributed by atoms with Crippen LogP contribution in [0.5, 0.6) is 0 Å². The maximum Gasteiger partial charge on any atom is 0.0973 e. The van der Waals surface area contributed by atoms with Gasteiger partial charge in [0.05, 0.1) is 7.14 Å². The SMILES string of the molecule is CCP(C)(=O)CN. The lowest BCUT2D eigenvalue weighted by Crippen LogP contribution is -2.00. The topological polar surface area (TPSA) is 43.1 Å². The second-order valence-corrected chi connectivity index (χ2v) is 5.39. The van der Waals surface area contributed by atoms with Crippen molar-refractivity contribution in [2.24, 2.45) is 5.73 Å². The third-order valence-electron chi connectivity index (χ3n) is 1.06. The molecular formula is C4H12NOP. The van der Waals surface area contributed by atoms with Gasteiger partial charge in [0.25, 0.3) is 0 Å². The minimum atomic E-state index is -1.88. The van der Waals surface area contributed by atoms with E-state index >= 15 is 0 Å². The van der Waals surface area contributed by atoms with Crippen molar-refractivity contribution in [3.63, 3.8) is 0 Å². The first-order chi connectivity index (χ1) is 3.12. The van der Waals surface area contributed by atoms with E-state index in [1.165, 1.54) is 0 Å². The molecule has 0 saturated carbocycles. The molecule has 0 fully saturated rings. The molecule has 0 radical (unpaired) electrons. The van der Waals surface area contributed by atoms with Crippen LogP contribution < -0.4 is 5.73 Å². The van der Waals surface area contributed by atoms with E-state index in [0.717, 1.165) is 6.16 Å². The maximum atomic E-state index is 10.8. The Labute approximate surface area is 44.5 Å². The second-order valence-electron chi connectivity index (χ2n) is 1.80.